The molecule has 5 nitrogen and oxygen atoms in total. The molecule has 0 aromatic heterocycles. The van der Waals surface area contributed by atoms with Crippen LogP contribution in [0.4, 0.5) is 0 Å². The van der Waals surface area contributed by atoms with Gasteiger partial charge in [0, 0.05) is 32.4 Å². The number of nitrogens with one attached hydrogen (secondary N) is 1. The average Bonchev–Trinajstić information content (AvgIpc) is 2.40. The van der Waals surface area contributed by atoms with Gasteiger partial charge >= 0.3 is 0 Å². The van der Waals surface area contributed by atoms with Crippen molar-refractivity contribution >= 4 is 5.91 Å². The molecule has 19 heavy (non-hydrogen) atoms. The fourth-order valence-corrected chi connectivity index (χ4v) is 3.03. The number of hydrogen-bond donors (Lipinski definition) is 2. The van der Waals surface area contributed by atoms with Gasteiger partial charge in [-0.15, -0.1) is 0 Å². The first-order chi connectivity index (χ1) is 9.28. The number of aliphatic hydroxyl groups excluding tert-OH is 1. The van der Waals surface area contributed by atoms with E-state index in [1.807, 2.05) is 0 Å². The highest BCUT2D eigenvalue weighted by molar-refractivity contribution is 5.78. The third-order valence-electron chi connectivity index (χ3n) is 4.09. The van der Waals surface area contributed by atoms with Crippen molar-refractivity contribution in [2.45, 2.75) is 38.1 Å². The molecule has 2 aliphatic heterocycles. The van der Waals surface area contributed by atoms with Gasteiger partial charge in [0.2, 0.25) is 5.91 Å². The van der Waals surface area contributed by atoms with Crippen LogP contribution in [0.2, 0.25) is 0 Å². The van der Waals surface area contributed by atoms with Gasteiger partial charge in [-0.1, -0.05) is 0 Å². The first kappa shape index (κ1) is 14.8. The van der Waals surface area contributed by atoms with Gasteiger partial charge in [0.15, 0.2) is 0 Å². The van der Waals surface area contributed by atoms with Crippen molar-refractivity contribution in [3.8, 4) is 0 Å². The lowest BCUT2D eigenvalue weighted by molar-refractivity contribution is -0.124. The number of aliphatic hydroxyl groups is 1. The Labute approximate surface area is 115 Å². The maximum Gasteiger partial charge on any atom is 0.234 e. The summed E-state index contributed by atoms with van der Waals surface area (Å²) in [5.74, 6) is 0.686. The number of rotatable bonds is 5. The molecule has 2 aliphatic rings. The Bertz CT molecular complexity index is 278. The minimum Gasteiger partial charge on any atom is -0.396 e. The van der Waals surface area contributed by atoms with E-state index in [0.29, 0.717) is 18.5 Å². The molecule has 110 valence electrons. The van der Waals surface area contributed by atoms with Crippen LogP contribution in [-0.2, 0) is 9.53 Å². The number of carbonyl (C=O) groups is 1. The molecule has 2 fully saturated rings. The van der Waals surface area contributed by atoms with Crippen molar-refractivity contribution in [3.63, 3.8) is 0 Å². The molecule has 1 amide bonds. The second kappa shape index (κ2) is 7.82. The van der Waals surface area contributed by atoms with Crippen LogP contribution < -0.4 is 5.32 Å². The SMILES string of the molecule is O=C(CN1CCCC(CCO)C1)NC1CCOCC1. The topological polar surface area (TPSA) is 61.8 Å². The third-order valence-corrected chi connectivity index (χ3v) is 4.09. The summed E-state index contributed by atoms with van der Waals surface area (Å²) in [6, 6.07) is 0.291. The predicted octanol–water partition coefficient (Wildman–Crippen LogP) is 0.376. The molecular formula is C14H26N2O3. The van der Waals surface area contributed by atoms with Gasteiger partial charge in [-0.2, -0.15) is 0 Å². The maximum atomic E-state index is 12.0. The molecule has 0 aliphatic carbocycles. The summed E-state index contributed by atoms with van der Waals surface area (Å²) < 4.78 is 5.29. The summed E-state index contributed by atoms with van der Waals surface area (Å²) in [5, 5.41) is 12.1. The van der Waals surface area contributed by atoms with Crippen LogP contribution in [0.1, 0.15) is 32.1 Å². The normalized spacial score (nSPS) is 26.3. The van der Waals surface area contributed by atoms with Gasteiger partial charge < -0.3 is 15.2 Å². The summed E-state index contributed by atoms with van der Waals surface area (Å²) in [4.78, 5) is 14.2. The summed E-state index contributed by atoms with van der Waals surface area (Å²) in [6.45, 7) is 4.22. The molecule has 0 radical (unpaired) electrons. The summed E-state index contributed by atoms with van der Waals surface area (Å²) >= 11 is 0. The smallest absolute Gasteiger partial charge is 0.234 e. The van der Waals surface area contributed by atoms with E-state index in [0.717, 1.165) is 52.0 Å². The molecule has 0 bridgehead atoms. The van der Waals surface area contributed by atoms with Crippen LogP contribution in [0.25, 0.3) is 0 Å². The van der Waals surface area contributed by atoms with Crippen LogP contribution in [-0.4, -0.2) is 61.4 Å². The molecule has 0 aromatic rings. The van der Waals surface area contributed by atoms with Crippen LogP contribution in [0.3, 0.4) is 0 Å². The number of ether oxygens (including phenoxy) is 1. The Kier molecular flexibility index (Phi) is 6.07. The first-order valence-electron chi connectivity index (χ1n) is 7.48. The highest BCUT2D eigenvalue weighted by Gasteiger charge is 2.22. The van der Waals surface area contributed by atoms with Gasteiger partial charge in [0.1, 0.15) is 0 Å². The molecule has 2 heterocycles. The quantitative estimate of drug-likeness (QED) is 0.758. The minimum atomic E-state index is 0.136. The molecule has 0 spiro atoms. The van der Waals surface area contributed by atoms with E-state index < -0.39 is 0 Å². The van der Waals surface area contributed by atoms with E-state index in [9.17, 15) is 4.79 Å². The fourth-order valence-electron chi connectivity index (χ4n) is 3.03. The molecule has 1 unspecified atom stereocenters. The number of piperidine rings is 1. The second-order valence-electron chi connectivity index (χ2n) is 5.71. The second-order valence-corrected chi connectivity index (χ2v) is 5.71. The van der Waals surface area contributed by atoms with E-state index in [2.05, 4.69) is 10.2 Å². The van der Waals surface area contributed by atoms with Crippen molar-refractivity contribution in [2.24, 2.45) is 5.92 Å². The molecule has 1 atom stereocenters. The first-order valence-corrected chi connectivity index (χ1v) is 7.48. The van der Waals surface area contributed by atoms with E-state index >= 15 is 0 Å². The Hall–Kier alpha value is -0.650. The number of carbonyl (C=O) groups excluding carboxylic acids is 1. The highest BCUT2D eigenvalue weighted by atomic mass is 16.5. The number of hydrogen-bond acceptors (Lipinski definition) is 4. The average molecular weight is 270 g/mol. The summed E-state index contributed by atoms with van der Waals surface area (Å²) in [7, 11) is 0. The monoisotopic (exact) mass is 270 g/mol. The van der Waals surface area contributed by atoms with Crippen LogP contribution in [0.15, 0.2) is 0 Å². The van der Waals surface area contributed by atoms with Gasteiger partial charge in [0.25, 0.3) is 0 Å². The number of amides is 1. The van der Waals surface area contributed by atoms with Crippen molar-refractivity contribution in [3.05, 3.63) is 0 Å². The molecule has 5 heteroatoms. The van der Waals surface area contributed by atoms with Crippen molar-refractivity contribution in [1.82, 2.24) is 10.2 Å². The van der Waals surface area contributed by atoms with Crippen LogP contribution in [0.5, 0.6) is 0 Å². The van der Waals surface area contributed by atoms with Gasteiger partial charge in [-0.3, -0.25) is 9.69 Å². The molecule has 2 saturated heterocycles. The fraction of sp³-hybridized carbons (Fsp3) is 0.929. The largest absolute Gasteiger partial charge is 0.396 e. The number of nitrogens with zero attached hydrogens (tertiary/aromatic N) is 1. The Morgan fingerprint density at radius 3 is 2.84 bits per heavy atom. The van der Waals surface area contributed by atoms with Gasteiger partial charge in [0.05, 0.1) is 6.54 Å². The van der Waals surface area contributed by atoms with Gasteiger partial charge in [-0.25, -0.2) is 0 Å². The number of likely N-dealkylation sites (tertiary alicyclic amines) is 1. The van der Waals surface area contributed by atoms with Crippen molar-refractivity contribution in [2.75, 3.05) is 39.5 Å². The van der Waals surface area contributed by atoms with Gasteiger partial charge in [-0.05, 0) is 44.6 Å². The zero-order valence-corrected chi connectivity index (χ0v) is 11.6. The predicted molar refractivity (Wildman–Crippen MR) is 72.9 cm³/mol. The van der Waals surface area contributed by atoms with Crippen molar-refractivity contribution in [1.29, 1.82) is 0 Å². The standard InChI is InChI=1S/C14H26N2O3/c17-7-3-12-2-1-6-16(10-12)11-14(18)15-13-4-8-19-9-5-13/h12-13,17H,1-11H2,(H,15,18). The summed E-state index contributed by atoms with van der Waals surface area (Å²) in [5.41, 5.74) is 0. The zero-order chi connectivity index (χ0) is 13.5. The van der Waals surface area contributed by atoms with E-state index in [1.54, 1.807) is 0 Å². The maximum absolute atomic E-state index is 12.0. The van der Waals surface area contributed by atoms with E-state index in [-0.39, 0.29) is 12.5 Å². The third kappa shape index (κ3) is 5.09. The lowest BCUT2D eigenvalue weighted by Crippen LogP contribution is -2.46. The van der Waals surface area contributed by atoms with E-state index in [1.165, 1.54) is 6.42 Å². The minimum absolute atomic E-state index is 0.136. The highest BCUT2D eigenvalue weighted by Crippen LogP contribution is 2.18. The van der Waals surface area contributed by atoms with Crippen LogP contribution >= 0.6 is 0 Å². The van der Waals surface area contributed by atoms with E-state index in [4.69, 9.17) is 9.84 Å². The van der Waals surface area contributed by atoms with Crippen LogP contribution in [0, 0.1) is 5.92 Å². The Balaban J connectivity index is 1.68. The van der Waals surface area contributed by atoms with Crippen molar-refractivity contribution < 1.29 is 14.6 Å². The Morgan fingerprint density at radius 2 is 2.11 bits per heavy atom. The lowest BCUT2D eigenvalue weighted by Gasteiger charge is -2.32. The molecule has 0 aromatic carbocycles. The lowest BCUT2D eigenvalue weighted by atomic mass is 9.95. The molecular weight excluding hydrogens is 244 g/mol. The molecule has 0 saturated carbocycles. The summed E-state index contributed by atoms with van der Waals surface area (Å²) in [6.07, 6.45) is 5.03. The Morgan fingerprint density at radius 1 is 1.32 bits per heavy atom. The molecule has 2 rings (SSSR count). The molecule has 2 N–H and O–H groups in total. The zero-order valence-electron chi connectivity index (χ0n) is 11.6.